The van der Waals surface area contributed by atoms with Crippen LogP contribution in [-0.4, -0.2) is 0 Å². The Kier molecular flexibility index (Phi) is 12.3. The Balaban J connectivity index is 0. The molecule has 0 amide bonds. The minimum Gasteiger partial charge on any atom is -0.198 e. The molecule has 72 valence electrons. The predicted molar refractivity (Wildman–Crippen MR) is 54.8 cm³/mol. The molecule has 0 rings (SSSR count). The zero-order valence-corrected chi connectivity index (χ0v) is 9.22. The summed E-state index contributed by atoms with van der Waals surface area (Å²) in [7, 11) is 0. The Labute approximate surface area is 77.8 Å². The van der Waals surface area contributed by atoms with Crippen molar-refractivity contribution in [3.05, 3.63) is 0 Å². The molecule has 0 N–H and O–H groups in total. The van der Waals surface area contributed by atoms with E-state index in [1.165, 1.54) is 0 Å². The van der Waals surface area contributed by atoms with Crippen LogP contribution in [0.2, 0.25) is 0 Å². The fourth-order valence-corrected chi connectivity index (χ4v) is 1.15. The monoisotopic (exact) mass is 169 g/mol. The van der Waals surface area contributed by atoms with Crippen LogP contribution in [-0.2, 0) is 0 Å². The van der Waals surface area contributed by atoms with Crippen molar-refractivity contribution in [1.29, 1.82) is 5.26 Å². The van der Waals surface area contributed by atoms with Crippen LogP contribution in [0.3, 0.4) is 0 Å². The van der Waals surface area contributed by atoms with Gasteiger partial charge >= 0.3 is 0 Å². The highest BCUT2D eigenvalue weighted by atomic mass is 14.3. The van der Waals surface area contributed by atoms with Crippen LogP contribution in [0.4, 0.5) is 0 Å². The molecule has 1 unspecified atom stereocenters. The van der Waals surface area contributed by atoms with E-state index in [-0.39, 0.29) is 0 Å². The maximum absolute atomic E-state index is 8.66. The summed E-state index contributed by atoms with van der Waals surface area (Å²) in [6.45, 7) is 10.5. The van der Waals surface area contributed by atoms with Crippen molar-refractivity contribution in [2.75, 3.05) is 0 Å². The fraction of sp³-hybridized carbons (Fsp3) is 0.909. The van der Waals surface area contributed by atoms with Gasteiger partial charge in [-0.15, -0.1) is 0 Å². The molecule has 0 saturated heterocycles. The number of hydrogen-bond acceptors (Lipinski definition) is 1. The van der Waals surface area contributed by atoms with Gasteiger partial charge in [0.05, 0.1) is 6.07 Å². The first-order valence-corrected chi connectivity index (χ1v) is 5.10. The van der Waals surface area contributed by atoms with E-state index in [9.17, 15) is 0 Å². The molecule has 0 aromatic heterocycles. The van der Waals surface area contributed by atoms with Crippen molar-refractivity contribution in [3.8, 4) is 6.07 Å². The first-order valence-electron chi connectivity index (χ1n) is 5.10. The molecule has 0 aromatic rings. The average molecular weight is 169 g/mol. The van der Waals surface area contributed by atoms with Crippen molar-refractivity contribution in [2.24, 2.45) is 11.8 Å². The average Bonchev–Trinajstić information content (AvgIpc) is 2.07. The third kappa shape index (κ3) is 9.49. The molecular formula is C11H23N. The van der Waals surface area contributed by atoms with E-state index in [1.807, 2.05) is 13.8 Å². The molecule has 0 aliphatic rings. The van der Waals surface area contributed by atoms with Gasteiger partial charge in [-0.1, -0.05) is 41.0 Å². The molecule has 0 aromatic carbocycles. The summed E-state index contributed by atoms with van der Waals surface area (Å²) in [6.07, 6.45) is 3.25. The summed E-state index contributed by atoms with van der Waals surface area (Å²) in [6, 6.07) is 2.33. The predicted octanol–water partition coefficient (Wildman–Crippen LogP) is 4.00. The Morgan fingerprint density at radius 3 is 2.00 bits per heavy atom. The lowest BCUT2D eigenvalue weighted by Crippen LogP contribution is -2.00. The van der Waals surface area contributed by atoms with Gasteiger partial charge in [-0.25, -0.2) is 0 Å². The molecule has 0 heterocycles. The highest BCUT2D eigenvalue weighted by Gasteiger charge is 2.07. The van der Waals surface area contributed by atoms with Gasteiger partial charge in [0.1, 0.15) is 0 Å². The number of rotatable bonds is 4. The summed E-state index contributed by atoms with van der Waals surface area (Å²) in [4.78, 5) is 0. The van der Waals surface area contributed by atoms with Crippen molar-refractivity contribution in [3.63, 3.8) is 0 Å². The normalized spacial score (nSPS) is 11.4. The molecule has 0 aliphatic heterocycles. The molecule has 0 radical (unpaired) electrons. The molecule has 0 fully saturated rings. The van der Waals surface area contributed by atoms with Gasteiger partial charge in [-0.2, -0.15) is 5.26 Å². The minimum atomic E-state index is 0.296. The van der Waals surface area contributed by atoms with Gasteiger partial charge in [0, 0.05) is 5.92 Å². The van der Waals surface area contributed by atoms with Crippen molar-refractivity contribution >= 4 is 0 Å². The van der Waals surface area contributed by atoms with Gasteiger partial charge in [0.2, 0.25) is 0 Å². The van der Waals surface area contributed by atoms with Gasteiger partial charge in [-0.05, 0) is 18.8 Å². The second-order valence-corrected chi connectivity index (χ2v) is 3.24. The van der Waals surface area contributed by atoms with Gasteiger partial charge in [-0.3, -0.25) is 0 Å². The highest BCUT2D eigenvalue weighted by Crippen LogP contribution is 2.15. The van der Waals surface area contributed by atoms with Crippen molar-refractivity contribution < 1.29 is 0 Å². The van der Waals surface area contributed by atoms with Crippen molar-refractivity contribution in [1.82, 2.24) is 0 Å². The molecule has 0 bridgehead atoms. The SMILES string of the molecule is CC.CCCC(C#N)CC(C)C. The maximum atomic E-state index is 8.66. The largest absolute Gasteiger partial charge is 0.198 e. The summed E-state index contributed by atoms with van der Waals surface area (Å²) in [5.41, 5.74) is 0. The summed E-state index contributed by atoms with van der Waals surface area (Å²) < 4.78 is 0. The van der Waals surface area contributed by atoms with E-state index in [2.05, 4.69) is 26.8 Å². The molecule has 1 atom stereocenters. The molecule has 0 spiro atoms. The van der Waals surface area contributed by atoms with Crippen LogP contribution in [0.5, 0.6) is 0 Å². The molecule has 0 saturated carbocycles. The molecule has 0 aliphatic carbocycles. The molecule has 1 heteroatoms. The van der Waals surface area contributed by atoms with Gasteiger partial charge in [0.25, 0.3) is 0 Å². The fourth-order valence-electron chi connectivity index (χ4n) is 1.15. The number of nitrogens with zero attached hydrogens (tertiary/aromatic N) is 1. The van der Waals surface area contributed by atoms with Gasteiger partial charge < -0.3 is 0 Å². The highest BCUT2D eigenvalue weighted by molar-refractivity contribution is 4.82. The second kappa shape index (κ2) is 10.5. The van der Waals surface area contributed by atoms with Crippen LogP contribution >= 0.6 is 0 Å². The Hall–Kier alpha value is -0.510. The Morgan fingerprint density at radius 1 is 1.25 bits per heavy atom. The van der Waals surface area contributed by atoms with E-state index in [1.54, 1.807) is 0 Å². The second-order valence-electron chi connectivity index (χ2n) is 3.24. The van der Waals surface area contributed by atoms with Crippen LogP contribution in [0, 0.1) is 23.2 Å². The Morgan fingerprint density at radius 2 is 1.75 bits per heavy atom. The molecular weight excluding hydrogens is 146 g/mol. The van der Waals surface area contributed by atoms with Crippen LogP contribution in [0.15, 0.2) is 0 Å². The zero-order valence-electron chi connectivity index (χ0n) is 9.22. The third-order valence-corrected chi connectivity index (χ3v) is 1.58. The lowest BCUT2D eigenvalue weighted by Gasteiger charge is -2.08. The van der Waals surface area contributed by atoms with Crippen LogP contribution in [0.25, 0.3) is 0 Å². The standard InChI is InChI=1S/C9H17N.C2H6/c1-4-5-9(7-10)6-8(2)3;1-2/h8-9H,4-6H2,1-3H3;1-2H3. The van der Waals surface area contributed by atoms with E-state index in [0.717, 1.165) is 19.3 Å². The lowest BCUT2D eigenvalue weighted by atomic mass is 9.95. The van der Waals surface area contributed by atoms with E-state index >= 15 is 0 Å². The number of hydrogen-bond donors (Lipinski definition) is 0. The first-order chi connectivity index (χ1) is 5.70. The molecule has 1 nitrogen and oxygen atoms in total. The van der Waals surface area contributed by atoms with Gasteiger partial charge in [0.15, 0.2) is 0 Å². The Bertz CT molecular complexity index is 111. The van der Waals surface area contributed by atoms with E-state index in [0.29, 0.717) is 11.8 Å². The summed E-state index contributed by atoms with van der Waals surface area (Å²) in [5, 5.41) is 8.66. The minimum absolute atomic E-state index is 0.296. The summed E-state index contributed by atoms with van der Waals surface area (Å²) >= 11 is 0. The lowest BCUT2D eigenvalue weighted by molar-refractivity contribution is 0.456. The quantitative estimate of drug-likeness (QED) is 0.624. The number of nitriles is 1. The van der Waals surface area contributed by atoms with Crippen LogP contribution < -0.4 is 0 Å². The van der Waals surface area contributed by atoms with Crippen LogP contribution in [0.1, 0.15) is 53.9 Å². The topological polar surface area (TPSA) is 23.8 Å². The zero-order chi connectivity index (χ0) is 9.98. The van der Waals surface area contributed by atoms with E-state index in [4.69, 9.17) is 5.26 Å². The van der Waals surface area contributed by atoms with E-state index < -0.39 is 0 Å². The third-order valence-electron chi connectivity index (χ3n) is 1.58. The summed E-state index contributed by atoms with van der Waals surface area (Å²) in [5.74, 6) is 0.959. The smallest absolute Gasteiger partial charge is 0.0655 e. The first kappa shape index (κ1) is 14.0. The molecule has 12 heavy (non-hydrogen) atoms. The van der Waals surface area contributed by atoms with Crippen molar-refractivity contribution in [2.45, 2.75) is 53.9 Å². The maximum Gasteiger partial charge on any atom is 0.0655 e.